The van der Waals surface area contributed by atoms with Crippen LogP contribution in [0.2, 0.25) is 0 Å². The Morgan fingerprint density at radius 1 is 1.38 bits per heavy atom. The van der Waals surface area contributed by atoms with Crippen LogP contribution in [-0.4, -0.2) is 18.2 Å². The lowest BCUT2D eigenvalue weighted by atomic mass is 10.2. The van der Waals surface area contributed by atoms with Crippen LogP contribution < -0.4 is 5.32 Å². The summed E-state index contributed by atoms with van der Waals surface area (Å²) in [7, 11) is 1.93. The molecule has 1 heterocycles. The van der Waals surface area contributed by atoms with Crippen LogP contribution in [0.5, 0.6) is 0 Å². The Balaban J connectivity index is 2.52. The van der Waals surface area contributed by atoms with Crippen molar-refractivity contribution in [2.75, 3.05) is 13.6 Å². The predicted molar refractivity (Wildman–Crippen MR) is 65.2 cm³/mol. The highest BCUT2D eigenvalue weighted by atomic mass is 19.1. The smallest absolute Gasteiger partial charge is 0.132 e. The predicted octanol–water partition coefficient (Wildman–Crippen LogP) is 2.56. The second kappa shape index (κ2) is 4.66. The quantitative estimate of drug-likeness (QED) is 0.838. The molecule has 16 heavy (non-hydrogen) atoms. The summed E-state index contributed by atoms with van der Waals surface area (Å²) in [6.45, 7) is 3.89. The third-order valence-electron chi connectivity index (χ3n) is 2.93. The highest BCUT2D eigenvalue weighted by Gasteiger charge is 2.09. The van der Waals surface area contributed by atoms with Gasteiger partial charge in [0, 0.05) is 30.6 Å². The van der Waals surface area contributed by atoms with E-state index in [0.717, 1.165) is 30.4 Å². The van der Waals surface area contributed by atoms with Crippen LogP contribution >= 0.6 is 0 Å². The summed E-state index contributed by atoms with van der Waals surface area (Å²) in [6, 6.07) is 7.23. The van der Waals surface area contributed by atoms with E-state index in [9.17, 15) is 4.39 Å². The fourth-order valence-corrected chi connectivity index (χ4v) is 2.14. The summed E-state index contributed by atoms with van der Waals surface area (Å²) in [5, 5.41) is 3.85. The van der Waals surface area contributed by atoms with Gasteiger partial charge in [0.1, 0.15) is 5.82 Å². The van der Waals surface area contributed by atoms with E-state index in [4.69, 9.17) is 0 Å². The molecule has 0 spiro atoms. The van der Waals surface area contributed by atoms with Crippen LogP contribution in [0.25, 0.3) is 10.9 Å². The SMILES string of the molecule is CCn1c(CCNC)cc2c(F)cccc21. The van der Waals surface area contributed by atoms with Crippen LogP contribution in [0, 0.1) is 5.82 Å². The molecule has 0 aliphatic heterocycles. The molecule has 0 aliphatic carbocycles. The van der Waals surface area contributed by atoms with Gasteiger partial charge in [0.15, 0.2) is 0 Å². The van der Waals surface area contributed by atoms with Crippen LogP contribution in [0.15, 0.2) is 24.3 Å². The summed E-state index contributed by atoms with van der Waals surface area (Å²) in [4.78, 5) is 0. The molecule has 0 aliphatic rings. The van der Waals surface area contributed by atoms with Crippen molar-refractivity contribution in [2.45, 2.75) is 19.9 Å². The van der Waals surface area contributed by atoms with Gasteiger partial charge in [-0.05, 0) is 32.2 Å². The third-order valence-corrected chi connectivity index (χ3v) is 2.93. The van der Waals surface area contributed by atoms with Crippen molar-refractivity contribution >= 4 is 10.9 Å². The summed E-state index contributed by atoms with van der Waals surface area (Å²) in [5.41, 5.74) is 2.19. The summed E-state index contributed by atoms with van der Waals surface area (Å²) in [5.74, 6) is -0.129. The molecule has 86 valence electrons. The van der Waals surface area contributed by atoms with Gasteiger partial charge in [-0.2, -0.15) is 0 Å². The van der Waals surface area contributed by atoms with Crippen molar-refractivity contribution in [3.05, 3.63) is 35.8 Å². The second-order valence-electron chi connectivity index (χ2n) is 3.91. The Morgan fingerprint density at radius 3 is 2.88 bits per heavy atom. The Morgan fingerprint density at radius 2 is 2.19 bits per heavy atom. The van der Waals surface area contributed by atoms with Gasteiger partial charge in [-0.1, -0.05) is 6.07 Å². The number of aryl methyl sites for hydroxylation is 1. The zero-order valence-electron chi connectivity index (χ0n) is 9.76. The van der Waals surface area contributed by atoms with E-state index >= 15 is 0 Å². The average Bonchev–Trinajstić information content (AvgIpc) is 2.65. The van der Waals surface area contributed by atoms with E-state index in [0.29, 0.717) is 0 Å². The fourth-order valence-electron chi connectivity index (χ4n) is 2.14. The molecule has 0 bridgehead atoms. The zero-order valence-corrected chi connectivity index (χ0v) is 9.76. The Kier molecular flexibility index (Phi) is 3.25. The lowest BCUT2D eigenvalue weighted by molar-refractivity contribution is 0.639. The van der Waals surface area contributed by atoms with Crippen LogP contribution in [0.3, 0.4) is 0 Å². The lowest BCUT2D eigenvalue weighted by Gasteiger charge is -2.07. The van der Waals surface area contributed by atoms with Crippen molar-refractivity contribution in [2.24, 2.45) is 0 Å². The highest BCUT2D eigenvalue weighted by Crippen LogP contribution is 2.22. The average molecular weight is 220 g/mol. The van der Waals surface area contributed by atoms with E-state index < -0.39 is 0 Å². The van der Waals surface area contributed by atoms with Crippen LogP contribution in [0.1, 0.15) is 12.6 Å². The first-order valence-corrected chi connectivity index (χ1v) is 5.69. The first-order valence-electron chi connectivity index (χ1n) is 5.69. The number of nitrogens with zero attached hydrogens (tertiary/aromatic N) is 1. The molecule has 0 saturated heterocycles. The maximum atomic E-state index is 13.6. The largest absolute Gasteiger partial charge is 0.345 e. The van der Waals surface area contributed by atoms with Crippen LogP contribution in [-0.2, 0) is 13.0 Å². The van der Waals surface area contributed by atoms with Crippen molar-refractivity contribution in [3.63, 3.8) is 0 Å². The molecule has 0 radical (unpaired) electrons. The fraction of sp³-hybridized carbons (Fsp3) is 0.385. The highest BCUT2D eigenvalue weighted by molar-refractivity contribution is 5.82. The van der Waals surface area contributed by atoms with Crippen molar-refractivity contribution in [1.82, 2.24) is 9.88 Å². The Labute approximate surface area is 95.1 Å². The molecule has 0 amide bonds. The number of hydrogen-bond donors (Lipinski definition) is 1. The molecule has 0 saturated carbocycles. The van der Waals surface area contributed by atoms with E-state index in [-0.39, 0.29) is 5.82 Å². The van der Waals surface area contributed by atoms with E-state index in [2.05, 4.69) is 16.8 Å². The number of rotatable bonds is 4. The number of likely N-dealkylation sites (N-methyl/N-ethyl adjacent to an activating group) is 1. The maximum Gasteiger partial charge on any atom is 0.132 e. The molecular formula is C13H17FN2. The van der Waals surface area contributed by atoms with Gasteiger partial charge in [0.2, 0.25) is 0 Å². The first kappa shape index (κ1) is 11.1. The van der Waals surface area contributed by atoms with Gasteiger partial charge in [-0.25, -0.2) is 4.39 Å². The molecule has 1 N–H and O–H groups in total. The molecule has 2 rings (SSSR count). The molecule has 2 nitrogen and oxygen atoms in total. The van der Waals surface area contributed by atoms with Crippen molar-refractivity contribution in [1.29, 1.82) is 0 Å². The van der Waals surface area contributed by atoms with Gasteiger partial charge in [-0.3, -0.25) is 0 Å². The van der Waals surface area contributed by atoms with Gasteiger partial charge >= 0.3 is 0 Å². The maximum absolute atomic E-state index is 13.6. The van der Waals surface area contributed by atoms with E-state index in [1.165, 1.54) is 11.8 Å². The molecule has 2 aromatic rings. The van der Waals surface area contributed by atoms with Gasteiger partial charge in [-0.15, -0.1) is 0 Å². The number of halogens is 1. The molecule has 1 aromatic carbocycles. The number of aromatic nitrogens is 1. The molecular weight excluding hydrogens is 203 g/mol. The zero-order chi connectivity index (χ0) is 11.5. The van der Waals surface area contributed by atoms with E-state index in [1.807, 2.05) is 19.2 Å². The van der Waals surface area contributed by atoms with Gasteiger partial charge < -0.3 is 9.88 Å². The Bertz CT molecular complexity index is 488. The third kappa shape index (κ3) is 1.83. The summed E-state index contributed by atoms with van der Waals surface area (Å²) in [6.07, 6.45) is 0.929. The van der Waals surface area contributed by atoms with E-state index in [1.54, 1.807) is 6.07 Å². The summed E-state index contributed by atoms with van der Waals surface area (Å²) < 4.78 is 15.8. The standard InChI is InChI=1S/C13H17FN2/c1-3-16-10(7-8-15-2)9-11-12(14)5-4-6-13(11)16/h4-6,9,15H,3,7-8H2,1-2H3. The monoisotopic (exact) mass is 220 g/mol. The number of benzene rings is 1. The first-order chi connectivity index (χ1) is 7.77. The van der Waals surface area contributed by atoms with Crippen LogP contribution in [0.4, 0.5) is 4.39 Å². The normalized spacial score (nSPS) is 11.2. The molecule has 1 aromatic heterocycles. The molecule has 0 unspecified atom stereocenters. The minimum atomic E-state index is -0.129. The van der Waals surface area contributed by atoms with Gasteiger partial charge in [0.25, 0.3) is 0 Å². The molecule has 0 fully saturated rings. The summed E-state index contributed by atoms with van der Waals surface area (Å²) >= 11 is 0. The van der Waals surface area contributed by atoms with Crippen molar-refractivity contribution in [3.8, 4) is 0 Å². The van der Waals surface area contributed by atoms with Gasteiger partial charge in [0.05, 0.1) is 5.52 Å². The number of nitrogens with one attached hydrogen (secondary N) is 1. The molecule has 0 atom stereocenters. The second-order valence-corrected chi connectivity index (χ2v) is 3.91. The lowest BCUT2D eigenvalue weighted by Crippen LogP contribution is -2.12. The number of fused-ring (bicyclic) bond motifs is 1. The topological polar surface area (TPSA) is 17.0 Å². The number of hydrogen-bond acceptors (Lipinski definition) is 1. The minimum absolute atomic E-state index is 0.129. The molecule has 3 heteroatoms. The minimum Gasteiger partial charge on any atom is -0.345 e. The Hall–Kier alpha value is -1.35. The van der Waals surface area contributed by atoms with Crippen molar-refractivity contribution < 1.29 is 4.39 Å².